The summed E-state index contributed by atoms with van der Waals surface area (Å²) < 4.78 is 34.9. The number of rotatable bonds is 12. The molecule has 1 N–H and O–H groups in total. The van der Waals surface area contributed by atoms with E-state index < -0.39 is 28.0 Å². The smallest absolute Gasteiger partial charge is 0.333 e. The van der Waals surface area contributed by atoms with Gasteiger partial charge in [0.1, 0.15) is 11.9 Å². The van der Waals surface area contributed by atoms with Crippen molar-refractivity contribution in [3.8, 4) is 0 Å². The summed E-state index contributed by atoms with van der Waals surface area (Å²) in [5.74, 6) is -0.401. The number of nitrogens with zero attached hydrogens (tertiary/aromatic N) is 3. The van der Waals surface area contributed by atoms with E-state index in [1.165, 1.54) is 19.2 Å². The van der Waals surface area contributed by atoms with Gasteiger partial charge in [-0.25, -0.2) is 18.2 Å². The van der Waals surface area contributed by atoms with Crippen LogP contribution in [0.2, 0.25) is 10.2 Å². The minimum absolute atomic E-state index is 0.0519. The number of hydrogen-bond acceptors (Lipinski definition) is 6. The van der Waals surface area contributed by atoms with E-state index in [0.717, 1.165) is 48.7 Å². The van der Waals surface area contributed by atoms with Crippen LogP contribution in [0.4, 0.5) is 0 Å². The van der Waals surface area contributed by atoms with Gasteiger partial charge < -0.3 is 14.4 Å². The maximum atomic E-state index is 13.4. The van der Waals surface area contributed by atoms with Crippen LogP contribution in [0.1, 0.15) is 88.2 Å². The molecule has 0 spiro atoms. The van der Waals surface area contributed by atoms with Crippen molar-refractivity contribution in [2.75, 3.05) is 13.7 Å². The van der Waals surface area contributed by atoms with Gasteiger partial charge in [-0.3, -0.25) is 4.79 Å². The molecule has 4 rings (SSSR count). The molecule has 1 aliphatic heterocycles. The number of benzene rings is 1. The molecule has 230 valence electrons. The van der Waals surface area contributed by atoms with Crippen LogP contribution < -0.4 is 0 Å². The number of carboxylic acid groups (broad SMARTS) is 1. The lowest BCUT2D eigenvalue weighted by Gasteiger charge is -2.32. The van der Waals surface area contributed by atoms with Crippen molar-refractivity contribution in [1.29, 1.82) is 0 Å². The molecule has 1 atom stereocenters. The van der Waals surface area contributed by atoms with Crippen molar-refractivity contribution < 1.29 is 27.9 Å². The number of halogens is 2. The largest absolute Gasteiger partial charge is 0.480 e. The number of carboxylic acids is 1. The maximum Gasteiger partial charge on any atom is 0.333 e. The van der Waals surface area contributed by atoms with Gasteiger partial charge in [-0.2, -0.15) is 4.31 Å². The van der Waals surface area contributed by atoms with E-state index in [2.05, 4.69) is 11.9 Å². The fourth-order valence-corrected chi connectivity index (χ4v) is 8.14. The average Bonchev–Trinajstić information content (AvgIpc) is 3.59. The molecule has 2 heterocycles. The standard InChI is InChI=1S/C30H39Cl2N3O6S/c1-3-4-12-27-33-28(32)26(17-22(30(38)41-2)16-20-9-5-6-10-20)34(27)19-21-13-14-23(18-24(21)31)42(39,40)35-15-8-7-11-25(35)29(36)37/h13-14,17-18,20,25H,3-12,15-16,19H2,1-2H3,(H,36,37)/b22-17-. The summed E-state index contributed by atoms with van der Waals surface area (Å²) in [6, 6.07) is 3.38. The van der Waals surface area contributed by atoms with Crippen LogP contribution >= 0.6 is 23.2 Å². The van der Waals surface area contributed by atoms with Crippen LogP contribution in [0.3, 0.4) is 0 Å². The summed E-state index contributed by atoms with van der Waals surface area (Å²) >= 11 is 13.3. The van der Waals surface area contributed by atoms with E-state index in [-0.39, 0.29) is 34.6 Å². The monoisotopic (exact) mass is 639 g/mol. The molecule has 1 aromatic heterocycles. The molecule has 2 aliphatic rings. The molecule has 1 unspecified atom stereocenters. The summed E-state index contributed by atoms with van der Waals surface area (Å²) in [7, 11) is -2.70. The molecule has 0 bridgehead atoms. The number of carbonyl (C=O) groups excluding carboxylic acids is 1. The van der Waals surface area contributed by atoms with Crippen molar-refractivity contribution in [2.45, 2.75) is 95.0 Å². The zero-order chi connectivity index (χ0) is 30.4. The molecule has 0 radical (unpaired) electrons. The summed E-state index contributed by atoms with van der Waals surface area (Å²) in [5.41, 5.74) is 1.75. The second-order valence-corrected chi connectivity index (χ2v) is 13.8. The summed E-state index contributed by atoms with van der Waals surface area (Å²) in [6.45, 7) is 2.48. The first-order chi connectivity index (χ1) is 20.1. The first-order valence-corrected chi connectivity index (χ1v) is 16.8. The Hall–Kier alpha value is -2.40. The Morgan fingerprint density at radius 3 is 2.50 bits per heavy atom. The highest BCUT2D eigenvalue weighted by Crippen LogP contribution is 2.33. The second kappa shape index (κ2) is 14.4. The number of aliphatic carboxylic acids is 1. The molecule has 1 saturated heterocycles. The van der Waals surface area contributed by atoms with Crippen molar-refractivity contribution in [2.24, 2.45) is 5.92 Å². The third-order valence-corrected chi connectivity index (χ3v) is 10.8. The van der Waals surface area contributed by atoms with Gasteiger partial charge in [0.15, 0.2) is 5.15 Å². The Morgan fingerprint density at radius 1 is 1.14 bits per heavy atom. The third kappa shape index (κ3) is 7.38. The highest BCUT2D eigenvalue weighted by atomic mass is 35.5. The molecule has 1 aliphatic carbocycles. The molecule has 9 nitrogen and oxygen atoms in total. The van der Waals surface area contributed by atoms with Gasteiger partial charge in [-0.05, 0) is 61.8 Å². The number of aryl methyl sites for hydroxylation is 1. The lowest BCUT2D eigenvalue weighted by atomic mass is 9.97. The first kappa shape index (κ1) is 32.5. The van der Waals surface area contributed by atoms with Crippen LogP contribution in [0.5, 0.6) is 0 Å². The average molecular weight is 641 g/mol. The molecule has 0 amide bonds. The van der Waals surface area contributed by atoms with E-state index in [0.29, 0.717) is 48.4 Å². The minimum Gasteiger partial charge on any atom is -0.480 e. The summed E-state index contributed by atoms with van der Waals surface area (Å²) in [5, 5.41) is 10.1. The minimum atomic E-state index is -4.07. The van der Waals surface area contributed by atoms with Crippen LogP contribution in [0.15, 0.2) is 28.7 Å². The zero-order valence-corrected chi connectivity index (χ0v) is 26.5. The van der Waals surface area contributed by atoms with Gasteiger partial charge in [-0.1, -0.05) is 68.3 Å². The molecule has 42 heavy (non-hydrogen) atoms. The summed E-state index contributed by atoms with van der Waals surface area (Å²) in [6.07, 6.45) is 10.8. The maximum absolute atomic E-state index is 13.4. The Labute approximate surface area is 257 Å². The predicted molar refractivity (Wildman–Crippen MR) is 162 cm³/mol. The van der Waals surface area contributed by atoms with E-state index in [1.54, 1.807) is 12.1 Å². The number of ether oxygens (including phenoxy) is 1. The highest BCUT2D eigenvalue weighted by molar-refractivity contribution is 7.89. The van der Waals surface area contributed by atoms with Crippen LogP contribution in [-0.4, -0.2) is 59.0 Å². The van der Waals surface area contributed by atoms with E-state index >= 15 is 0 Å². The number of sulfonamides is 1. The molecule has 2 fully saturated rings. The van der Waals surface area contributed by atoms with Gasteiger partial charge in [0.25, 0.3) is 0 Å². The van der Waals surface area contributed by atoms with Gasteiger partial charge in [0.2, 0.25) is 10.0 Å². The number of aromatic nitrogens is 2. The highest BCUT2D eigenvalue weighted by Gasteiger charge is 2.38. The molecular weight excluding hydrogens is 601 g/mol. The van der Waals surface area contributed by atoms with E-state index in [9.17, 15) is 23.1 Å². The van der Waals surface area contributed by atoms with Gasteiger partial charge in [0, 0.05) is 23.6 Å². The number of hydrogen-bond donors (Lipinski definition) is 1. The number of piperidine rings is 1. The Bertz CT molecular complexity index is 1430. The number of methoxy groups -OCH3 is 1. The number of esters is 1. The number of carbonyl (C=O) groups is 2. The quantitative estimate of drug-likeness (QED) is 0.212. The zero-order valence-electron chi connectivity index (χ0n) is 24.2. The third-order valence-electron chi connectivity index (χ3n) is 8.24. The molecule has 2 aromatic rings. The van der Waals surface area contributed by atoms with Crippen molar-refractivity contribution >= 4 is 51.2 Å². The molecule has 1 aromatic carbocycles. The van der Waals surface area contributed by atoms with Crippen molar-refractivity contribution in [3.63, 3.8) is 0 Å². The second-order valence-electron chi connectivity index (χ2n) is 11.1. The Kier molecular flexibility index (Phi) is 11.1. The molecule has 12 heteroatoms. The van der Waals surface area contributed by atoms with Gasteiger partial charge >= 0.3 is 11.9 Å². The Balaban J connectivity index is 1.69. The van der Waals surface area contributed by atoms with Gasteiger partial charge in [-0.15, -0.1) is 0 Å². The van der Waals surface area contributed by atoms with Gasteiger partial charge in [0.05, 0.1) is 24.2 Å². The normalized spacial score (nSPS) is 18.9. The number of imidazole rings is 1. The molecule has 1 saturated carbocycles. The summed E-state index contributed by atoms with van der Waals surface area (Å²) in [4.78, 5) is 29.1. The topological polar surface area (TPSA) is 119 Å². The van der Waals surface area contributed by atoms with E-state index in [4.69, 9.17) is 27.9 Å². The fourth-order valence-electron chi connectivity index (χ4n) is 5.91. The fraction of sp³-hybridized carbons (Fsp3) is 0.567. The van der Waals surface area contributed by atoms with Crippen molar-refractivity contribution in [1.82, 2.24) is 13.9 Å². The van der Waals surface area contributed by atoms with Crippen molar-refractivity contribution in [3.05, 3.63) is 51.0 Å². The predicted octanol–water partition coefficient (Wildman–Crippen LogP) is 6.35. The van der Waals surface area contributed by atoms with Crippen LogP contribution in [0, 0.1) is 5.92 Å². The SMILES string of the molecule is CCCCc1nc(Cl)c(/C=C(/CC2CCCC2)C(=O)OC)n1Cc1ccc(S(=O)(=O)N2CCCCC2C(=O)O)cc1Cl. The van der Waals surface area contributed by atoms with E-state index in [1.807, 2.05) is 4.57 Å². The lowest BCUT2D eigenvalue weighted by Crippen LogP contribution is -2.47. The Morgan fingerprint density at radius 2 is 1.86 bits per heavy atom. The first-order valence-electron chi connectivity index (χ1n) is 14.6. The van der Waals surface area contributed by atoms with Crippen LogP contribution in [-0.2, 0) is 37.3 Å². The lowest BCUT2D eigenvalue weighted by molar-refractivity contribution is -0.142. The molecular formula is C30H39Cl2N3O6S. The van der Waals surface area contributed by atoms with Crippen LogP contribution in [0.25, 0.3) is 6.08 Å². The number of unbranched alkanes of at least 4 members (excludes halogenated alkanes) is 1.